The lowest BCUT2D eigenvalue weighted by Gasteiger charge is -2.18. The van der Waals surface area contributed by atoms with E-state index in [4.69, 9.17) is 10.5 Å². The zero-order chi connectivity index (χ0) is 24.1. The lowest BCUT2D eigenvalue weighted by Crippen LogP contribution is -2.43. The molecule has 4 aromatic rings. The highest BCUT2D eigenvalue weighted by atomic mass is 16.5. The molecule has 0 bridgehead atoms. The lowest BCUT2D eigenvalue weighted by atomic mass is 10.0. The van der Waals surface area contributed by atoms with Gasteiger partial charge in [0.1, 0.15) is 6.04 Å². The SMILES string of the molecule is COC(=O)[C@H](Cc1c[nH]c2ccccc12)NC(=O)c1ccccc1NC(=O)c1ccccc1N. The molecule has 0 unspecified atom stereocenters. The van der Waals surface area contributed by atoms with Gasteiger partial charge in [-0.2, -0.15) is 0 Å². The number of nitrogens with two attached hydrogens (primary N) is 1. The Balaban J connectivity index is 1.56. The maximum atomic E-state index is 13.2. The van der Waals surface area contributed by atoms with Crippen molar-refractivity contribution in [3.63, 3.8) is 0 Å². The molecule has 1 atom stereocenters. The first-order valence-corrected chi connectivity index (χ1v) is 10.7. The number of anilines is 2. The average Bonchev–Trinajstić information content (AvgIpc) is 3.26. The van der Waals surface area contributed by atoms with E-state index < -0.39 is 23.8 Å². The van der Waals surface area contributed by atoms with Crippen LogP contribution in [0.2, 0.25) is 0 Å². The summed E-state index contributed by atoms with van der Waals surface area (Å²) in [5.41, 5.74) is 8.82. The van der Waals surface area contributed by atoms with Gasteiger partial charge in [-0.1, -0.05) is 42.5 Å². The summed E-state index contributed by atoms with van der Waals surface area (Å²) in [6.07, 6.45) is 2.04. The number of hydrogen-bond donors (Lipinski definition) is 4. The lowest BCUT2D eigenvalue weighted by molar-refractivity contribution is -0.142. The molecule has 34 heavy (non-hydrogen) atoms. The number of esters is 1. The first kappa shape index (κ1) is 22.6. The minimum absolute atomic E-state index is 0.207. The number of ether oxygens (including phenoxy) is 1. The predicted molar refractivity (Wildman–Crippen MR) is 131 cm³/mol. The third-order valence-electron chi connectivity index (χ3n) is 5.52. The van der Waals surface area contributed by atoms with Gasteiger partial charge >= 0.3 is 5.97 Å². The fourth-order valence-corrected chi connectivity index (χ4v) is 3.78. The van der Waals surface area contributed by atoms with Crippen LogP contribution in [0.4, 0.5) is 11.4 Å². The topological polar surface area (TPSA) is 126 Å². The van der Waals surface area contributed by atoms with E-state index in [1.54, 1.807) is 48.5 Å². The van der Waals surface area contributed by atoms with Crippen molar-refractivity contribution in [3.8, 4) is 0 Å². The van der Waals surface area contributed by atoms with E-state index in [9.17, 15) is 14.4 Å². The maximum Gasteiger partial charge on any atom is 0.328 e. The largest absolute Gasteiger partial charge is 0.467 e. The molecule has 0 fully saturated rings. The number of benzene rings is 3. The van der Waals surface area contributed by atoms with Crippen LogP contribution >= 0.6 is 0 Å². The van der Waals surface area contributed by atoms with Crippen LogP contribution < -0.4 is 16.4 Å². The summed E-state index contributed by atoms with van der Waals surface area (Å²) < 4.78 is 4.93. The number of fused-ring (bicyclic) bond motifs is 1. The second-order valence-corrected chi connectivity index (χ2v) is 7.70. The molecule has 8 heteroatoms. The Morgan fingerprint density at radius 3 is 2.35 bits per heavy atom. The Hall–Kier alpha value is -4.59. The van der Waals surface area contributed by atoms with Gasteiger partial charge in [0.25, 0.3) is 11.8 Å². The van der Waals surface area contributed by atoms with Gasteiger partial charge in [-0.15, -0.1) is 0 Å². The van der Waals surface area contributed by atoms with E-state index in [0.717, 1.165) is 16.5 Å². The summed E-state index contributed by atoms with van der Waals surface area (Å²) in [5, 5.41) is 6.44. The van der Waals surface area contributed by atoms with Crippen LogP contribution in [0, 0.1) is 0 Å². The summed E-state index contributed by atoms with van der Waals surface area (Å²) in [7, 11) is 1.27. The monoisotopic (exact) mass is 456 g/mol. The molecule has 1 aromatic heterocycles. The fraction of sp³-hybridized carbons (Fsp3) is 0.115. The van der Waals surface area contributed by atoms with E-state index in [1.807, 2.05) is 30.5 Å². The number of methoxy groups -OCH3 is 1. The van der Waals surface area contributed by atoms with Crippen LogP contribution in [-0.4, -0.2) is 35.9 Å². The molecule has 0 saturated heterocycles. The Morgan fingerprint density at radius 1 is 0.912 bits per heavy atom. The second-order valence-electron chi connectivity index (χ2n) is 7.70. The fourth-order valence-electron chi connectivity index (χ4n) is 3.78. The molecule has 0 spiro atoms. The van der Waals surface area contributed by atoms with Crippen molar-refractivity contribution < 1.29 is 19.1 Å². The number of carbonyl (C=O) groups is 3. The van der Waals surface area contributed by atoms with Crippen molar-refractivity contribution in [1.29, 1.82) is 0 Å². The first-order valence-electron chi connectivity index (χ1n) is 10.7. The number of aromatic nitrogens is 1. The third-order valence-corrected chi connectivity index (χ3v) is 5.52. The smallest absolute Gasteiger partial charge is 0.328 e. The van der Waals surface area contributed by atoms with Crippen LogP contribution in [-0.2, 0) is 16.0 Å². The predicted octanol–water partition coefficient (Wildman–Crippen LogP) is 3.52. The molecule has 172 valence electrons. The van der Waals surface area contributed by atoms with Gasteiger partial charge in [-0.05, 0) is 35.9 Å². The molecular weight excluding hydrogens is 432 g/mol. The van der Waals surface area contributed by atoms with Crippen molar-refractivity contribution in [2.75, 3.05) is 18.2 Å². The van der Waals surface area contributed by atoms with Crippen molar-refractivity contribution in [2.24, 2.45) is 0 Å². The van der Waals surface area contributed by atoms with E-state index >= 15 is 0 Å². The highest BCUT2D eigenvalue weighted by Crippen LogP contribution is 2.21. The number of nitrogen functional groups attached to an aromatic ring is 1. The van der Waals surface area contributed by atoms with Gasteiger partial charge < -0.3 is 26.1 Å². The van der Waals surface area contributed by atoms with Gasteiger partial charge in [0.2, 0.25) is 0 Å². The zero-order valence-electron chi connectivity index (χ0n) is 18.5. The number of para-hydroxylation sites is 3. The number of H-pyrrole nitrogens is 1. The number of hydrogen-bond acceptors (Lipinski definition) is 5. The quantitative estimate of drug-likeness (QED) is 0.250. The number of amides is 2. The molecule has 0 saturated carbocycles. The Kier molecular flexibility index (Phi) is 6.59. The van der Waals surface area contributed by atoms with Crippen molar-refractivity contribution in [2.45, 2.75) is 12.5 Å². The van der Waals surface area contributed by atoms with Crippen LogP contribution in [0.3, 0.4) is 0 Å². The average molecular weight is 457 g/mol. The van der Waals surface area contributed by atoms with Crippen LogP contribution in [0.15, 0.2) is 79.0 Å². The molecule has 0 aliphatic carbocycles. The van der Waals surface area contributed by atoms with Crippen molar-refractivity contribution >= 4 is 40.1 Å². The summed E-state index contributed by atoms with van der Waals surface area (Å²) in [6, 6.07) is 20.0. The van der Waals surface area contributed by atoms with Crippen LogP contribution in [0.5, 0.6) is 0 Å². The third kappa shape index (κ3) is 4.75. The summed E-state index contributed by atoms with van der Waals surface area (Å²) in [6.45, 7) is 0. The first-order chi connectivity index (χ1) is 16.5. The highest BCUT2D eigenvalue weighted by molar-refractivity contribution is 6.11. The zero-order valence-corrected chi connectivity index (χ0v) is 18.5. The van der Waals surface area contributed by atoms with Crippen LogP contribution in [0.25, 0.3) is 10.9 Å². The Morgan fingerprint density at radius 2 is 1.59 bits per heavy atom. The van der Waals surface area contributed by atoms with Gasteiger partial charge in [-0.3, -0.25) is 9.59 Å². The number of rotatable bonds is 7. The maximum absolute atomic E-state index is 13.2. The summed E-state index contributed by atoms with van der Waals surface area (Å²) in [4.78, 5) is 41.6. The molecule has 0 radical (unpaired) electrons. The standard InChI is InChI=1S/C26H24N4O4/c1-34-26(33)23(14-16-15-28-21-12-6-3-8-17(16)21)30-25(32)19-10-4-7-13-22(19)29-24(31)18-9-2-5-11-20(18)27/h2-13,15,23,28H,14,27H2,1H3,(H,29,31)(H,30,32)/t23-/m0/s1. The highest BCUT2D eigenvalue weighted by Gasteiger charge is 2.25. The normalized spacial score (nSPS) is 11.6. The molecular formula is C26H24N4O4. The van der Waals surface area contributed by atoms with Gasteiger partial charge in [0.15, 0.2) is 0 Å². The van der Waals surface area contributed by atoms with E-state index in [0.29, 0.717) is 16.9 Å². The molecule has 0 aliphatic rings. The molecule has 1 heterocycles. The van der Waals surface area contributed by atoms with E-state index in [-0.39, 0.29) is 12.0 Å². The Labute approximate surface area is 196 Å². The molecule has 2 amide bonds. The second kappa shape index (κ2) is 9.91. The minimum Gasteiger partial charge on any atom is -0.467 e. The van der Waals surface area contributed by atoms with Gasteiger partial charge in [0, 0.05) is 29.2 Å². The number of carbonyl (C=O) groups excluding carboxylic acids is 3. The van der Waals surface area contributed by atoms with Gasteiger partial charge in [-0.25, -0.2) is 4.79 Å². The molecule has 5 N–H and O–H groups in total. The number of nitrogens with one attached hydrogen (secondary N) is 3. The van der Waals surface area contributed by atoms with Gasteiger partial charge in [0.05, 0.1) is 23.9 Å². The van der Waals surface area contributed by atoms with Crippen LogP contribution in [0.1, 0.15) is 26.3 Å². The summed E-state index contributed by atoms with van der Waals surface area (Å²) >= 11 is 0. The molecule has 8 nitrogen and oxygen atoms in total. The molecule has 0 aliphatic heterocycles. The van der Waals surface area contributed by atoms with E-state index in [1.165, 1.54) is 7.11 Å². The Bertz CT molecular complexity index is 1360. The number of aromatic amines is 1. The van der Waals surface area contributed by atoms with E-state index in [2.05, 4.69) is 15.6 Å². The van der Waals surface area contributed by atoms with Crippen molar-refractivity contribution in [1.82, 2.24) is 10.3 Å². The summed E-state index contributed by atoms with van der Waals surface area (Å²) in [5.74, 6) is -1.54. The van der Waals surface area contributed by atoms with Crippen molar-refractivity contribution in [3.05, 3.63) is 95.7 Å². The molecule has 3 aromatic carbocycles. The molecule has 4 rings (SSSR count). The minimum atomic E-state index is -0.926.